The van der Waals surface area contributed by atoms with Crippen molar-refractivity contribution in [2.24, 2.45) is 10.4 Å². The van der Waals surface area contributed by atoms with Crippen molar-refractivity contribution in [3.05, 3.63) is 64.7 Å². The molecule has 2 aliphatic heterocycles. The van der Waals surface area contributed by atoms with Crippen LogP contribution in [0.25, 0.3) is 0 Å². The van der Waals surface area contributed by atoms with Crippen LogP contribution in [-0.2, 0) is 13.0 Å². The molecule has 29 heavy (non-hydrogen) atoms. The second-order valence-corrected chi connectivity index (χ2v) is 9.12. The molecule has 4 nitrogen and oxygen atoms in total. The van der Waals surface area contributed by atoms with Crippen LogP contribution in [0.5, 0.6) is 0 Å². The molecule has 5 heteroatoms. The maximum atomic E-state index is 6.17. The zero-order valence-corrected chi connectivity index (χ0v) is 18.3. The van der Waals surface area contributed by atoms with Crippen LogP contribution in [-0.4, -0.2) is 55.9 Å². The number of hydrogen-bond donors (Lipinski definition) is 1. The van der Waals surface area contributed by atoms with Crippen molar-refractivity contribution in [3.8, 4) is 0 Å². The Morgan fingerprint density at radius 1 is 1.10 bits per heavy atom. The number of anilines is 1. The number of rotatable bonds is 5. The highest BCUT2D eigenvalue weighted by Crippen LogP contribution is 2.42. The van der Waals surface area contributed by atoms with Gasteiger partial charge in [-0.3, -0.25) is 4.99 Å². The maximum Gasteiger partial charge on any atom is 0.108 e. The Hall–Kier alpha value is -1.88. The smallest absolute Gasteiger partial charge is 0.108 e. The fourth-order valence-corrected chi connectivity index (χ4v) is 4.69. The molecular weight excluding hydrogens is 380 g/mol. The van der Waals surface area contributed by atoms with E-state index in [9.17, 15) is 0 Å². The third-order valence-electron chi connectivity index (χ3n) is 6.29. The standard InChI is InChI=1S/C24H31ClN4/c1-28(2)14-15-29-12-10-24(11-13-29)17-20-7-3-4-9-22(20)27-23(24)26-18-19-6-5-8-21(25)16-19/h3-9,16H,10-15,17-18H2,1-2H3,(H,26,27). The number of fused-ring (bicyclic) bond motifs is 1. The zero-order chi connectivity index (χ0) is 20.3. The van der Waals surface area contributed by atoms with Gasteiger partial charge in [-0.25, -0.2) is 0 Å². The van der Waals surface area contributed by atoms with E-state index >= 15 is 0 Å². The van der Waals surface area contributed by atoms with Crippen LogP contribution >= 0.6 is 11.6 Å². The first kappa shape index (κ1) is 20.4. The Bertz CT molecular complexity index is 869. The van der Waals surface area contributed by atoms with E-state index in [1.54, 1.807) is 0 Å². The Morgan fingerprint density at radius 2 is 1.90 bits per heavy atom. The van der Waals surface area contributed by atoms with E-state index in [1.807, 2.05) is 18.2 Å². The second kappa shape index (κ2) is 8.86. The predicted octanol–water partition coefficient (Wildman–Crippen LogP) is 4.55. The van der Waals surface area contributed by atoms with Crippen molar-refractivity contribution >= 4 is 23.1 Å². The molecule has 0 atom stereocenters. The summed E-state index contributed by atoms with van der Waals surface area (Å²) in [6, 6.07) is 16.7. The molecule has 0 radical (unpaired) electrons. The normalized spacial score (nSPS) is 20.1. The number of amidine groups is 1. The quantitative estimate of drug-likeness (QED) is 0.784. The van der Waals surface area contributed by atoms with Gasteiger partial charge in [-0.15, -0.1) is 0 Å². The molecule has 0 aromatic heterocycles. The highest BCUT2D eigenvalue weighted by molar-refractivity contribution is 6.30. The van der Waals surface area contributed by atoms with Crippen LogP contribution < -0.4 is 5.32 Å². The number of halogens is 1. The van der Waals surface area contributed by atoms with Gasteiger partial charge in [0.1, 0.15) is 5.84 Å². The molecular formula is C24H31ClN4. The number of nitrogens with one attached hydrogen (secondary N) is 1. The second-order valence-electron chi connectivity index (χ2n) is 8.68. The Labute approximate surface area is 179 Å². The van der Waals surface area contributed by atoms with Crippen LogP contribution in [0.4, 0.5) is 5.69 Å². The summed E-state index contributed by atoms with van der Waals surface area (Å²) in [5.74, 6) is 1.16. The SMILES string of the molecule is CN(C)CCN1CCC2(CC1)Cc1ccccc1NC2=NCc1cccc(Cl)c1. The molecule has 0 aliphatic carbocycles. The molecule has 4 rings (SSSR count). The van der Waals surface area contributed by atoms with E-state index in [-0.39, 0.29) is 5.41 Å². The number of likely N-dealkylation sites (tertiary alicyclic amines) is 1. The summed E-state index contributed by atoms with van der Waals surface area (Å²) >= 11 is 6.17. The number of likely N-dealkylation sites (N-methyl/N-ethyl adjacent to an activating group) is 1. The van der Waals surface area contributed by atoms with Crippen molar-refractivity contribution in [1.29, 1.82) is 0 Å². The molecule has 0 unspecified atom stereocenters. The van der Waals surface area contributed by atoms with Gasteiger partial charge in [0.15, 0.2) is 0 Å². The minimum atomic E-state index is 0.113. The van der Waals surface area contributed by atoms with Gasteiger partial charge in [0.25, 0.3) is 0 Å². The number of para-hydroxylation sites is 1. The number of nitrogens with zero attached hydrogens (tertiary/aromatic N) is 3. The average Bonchev–Trinajstić information content (AvgIpc) is 2.72. The first-order valence-electron chi connectivity index (χ1n) is 10.6. The van der Waals surface area contributed by atoms with Crippen LogP contribution in [0.15, 0.2) is 53.5 Å². The minimum absolute atomic E-state index is 0.113. The lowest BCUT2D eigenvalue weighted by Crippen LogP contribution is -2.50. The molecule has 0 amide bonds. The van der Waals surface area contributed by atoms with E-state index in [4.69, 9.17) is 16.6 Å². The summed E-state index contributed by atoms with van der Waals surface area (Å²) in [4.78, 5) is 9.95. The third kappa shape index (κ3) is 4.82. The molecule has 1 saturated heterocycles. The largest absolute Gasteiger partial charge is 0.343 e. The van der Waals surface area contributed by atoms with Crippen molar-refractivity contribution in [1.82, 2.24) is 9.80 Å². The Morgan fingerprint density at radius 3 is 2.66 bits per heavy atom. The lowest BCUT2D eigenvalue weighted by molar-refractivity contribution is 0.141. The van der Waals surface area contributed by atoms with Crippen LogP contribution in [0.2, 0.25) is 5.02 Å². The Balaban J connectivity index is 1.55. The molecule has 2 aliphatic rings. The lowest BCUT2D eigenvalue weighted by Gasteiger charge is -2.45. The van der Waals surface area contributed by atoms with Gasteiger partial charge in [-0.1, -0.05) is 41.9 Å². The first-order chi connectivity index (χ1) is 14.0. The fraction of sp³-hybridized carbons (Fsp3) is 0.458. The molecule has 2 aromatic carbocycles. The molecule has 2 aromatic rings. The highest BCUT2D eigenvalue weighted by Gasteiger charge is 2.42. The van der Waals surface area contributed by atoms with Gasteiger partial charge >= 0.3 is 0 Å². The van der Waals surface area contributed by atoms with Crippen molar-refractivity contribution < 1.29 is 0 Å². The predicted molar refractivity (Wildman–Crippen MR) is 123 cm³/mol. The Kier molecular flexibility index (Phi) is 6.23. The van der Waals surface area contributed by atoms with Crippen LogP contribution in [0.1, 0.15) is 24.0 Å². The van der Waals surface area contributed by atoms with Crippen molar-refractivity contribution in [2.75, 3.05) is 45.6 Å². The first-order valence-corrected chi connectivity index (χ1v) is 10.9. The minimum Gasteiger partial charge on any atom is -0.343 e. The van der Waals surface area contributed by atoms with Crippen LogP contribution in [0.3, 0.4) is 0 Å². The van der Waals surface area contributed by atoms with Gasteiger partial charge < -0.3 is 15.1 Å². The summed E-state index contributed by atoms with van der Waals surface area (Å²) in [6.07, 6.45) is 3.37. The zero-order valence-electron chi connectivity index (χ0n) is 17.5. The van der Waals surface area contributed by atoms with Gasteiger partial charge in [-0.05, 0) is 75.8 Å². The average molecular weight is 411 g/mol. The summed E-state index contributed by atoms with van der Waals surface area (Å²) in [5.41, 5.74) is 3.89. The van der Waals surface area contributed by atoms with Gasteiger partial charge in [0, 0.05) is 29.2 Å². The molecule has 154 valence electrons. The third-order valence-corrected chi connectivity index (χ3v) is 6.52. The molecule has 1 spiro atoms. The molecule has 0 bridgehead atoms. The molecule has 1 fully saturated rings. The van der Waals surface area contributed by atoms with E-state index < -0.39 is 0 Å². The fourth-order valence-electron chi connectivity index (χ4n) is 4.48. The maximum absolute atomic E-state index is 6.17. The van der Waals surface area contributed by atoms with E-state index in [0.717, 1.165) is 61.9 Å². The molecule has 0 saturated carbocycles. The van der Waals surface area contributed by atoms with Crippen molar-refractivity contribution in [2.45, 2.75) is 25.8 Å². The summed E-state index contributed by atoms with van der Waals surface area (Å²) in [6.45, 7) is 5.19. The lowest BCUT2D eigenvalue weighted by atomic mass is 9.70. The van der Waals surface area contributed by atoms with Crippen molar-refractivity contribution in [3.63, 3.8) is 0 Å². The monoisotopic (exact) mass is 410 g/mol. The van der Waals surface area contributed by atoms with E-state index in [2.05, 4.69) is 59.5 Å². The number of benzene rings is 2. The van der Waals surface area contributed by atoms with E-state index in [1.165, 1.54) is 11.3 Å². The summed E-state index contributed by atoms with van der Waals surface area (Å²) in [7, 11) is 4.29. The number of piperidine rings is 1. The van der Waals surface area contributed by atoms with Gasteiger partial charge in [-0.2, -0.15) is 0 Å². The van der Waals surface area contributed by atoms with Gasteiger partial charge in [0.2, 0.25) is 0 Å². The molecule has 1 N–H and O–H groups in total. The summed E-state index contributed by atoms with van der Waals surface area (Å²) < 4.78 is 0. The number of aliphatic imine (C=N–C) groups is 1. The highest BCUT2D eigenvalue weighted by atomic mass is 35.5. The molecule has 2 heterocycles. The van der Waals surface area contributed by atoms with Gasteiger partial charge in [0.05, 0.1) is 6.54 Å². The van der Waals surface area contributed by atoms with Crippen LogP contribution in [0, 0.1) is 5.41 Å². The topological polar surface area (TPSA) is 30.9 Å². The number of hydrogen-bond acceptors (Lipinski definition) is 3. The van der Waals surface area contributed by atoms with E-state index in [0.29, 0.717) is 6.54 Å². The summed E-state index contributed by atoms with van der Waals surface area (Å²) in [5, 5.41) is 4.47.